The van der Waals surface area contributed by atoms with Gasteiger partial charge in [0.15, 0.2) is 0 Å². The minimum absolute atomic E-state index is 0.567. The highest BCUT2D eigenvalue weighted by molar-refractivity contribution is 5.17. The molecule has 0 bridgehead atoms. The maximum Gasteiger partial charge on any atom is 0.213 e. The molecule has 90 valence electrons. The van der Waals surface area contributed by atoms with Crippen molar-refractivity contribution in [3.63, 3.8) is 0 Å². The van der Waals surface area contributed by atoms with Crippen molar-refractivity contribution in [2.75, 3.05) is 0 Å². The van der Waals surface area contributed by atoms with Crippen molar-refractivity contribution >= 4 is 0 Å². The van der Waals surface area contributed by atoms with Gasteiger partial charge in [-0.05, 0) is 18.6 Å². The predicted molar refractivity (Wildman–Crippen MR) is 71.1 cm³/mol. The van der Waals surface area contributed by atoms with Crippen LogP contribution >= 0.6 is 0 Å². The van der Waals surface area contributed by atoms with Gasteiger partial charge in [-0.15, -0.1) is 0 Å². The lowest BCUT2D eigenvalue weighted by atomic mass is 10.2. The first-order chi connectivity index (χ1) is 8.34. The number of hydrogen-bond donors (Lipinski definition) is 0. The molecule has 0 unspecified atom stereocenters. The van der Waals surface area contributed by atoms with Crippen LogP contribution in [-0.4, -0.2) is 4.98 Å². The zero-order valence-corrected chi connectivity index (χ0v) is 10.7. The highest BCUT2D eigenvalue weighted by Gasteiger charge is 1.96. The summed E-state index contributed by atoms with van der Waals surface area (Å²) in [6.45, 7) is 6.52. The predicted octanol–water partition coefficient (Wildman–Crippen LogP) is 4.00. The van der Waals surface area contributed by atoms with Gasteiger partial charge in [0, 0.05) is 11.8 Å². The third-order valence-electron chi connectivity index (χ3n) is 2.09. The lowest BCUT2D eigenvalue weighted by molar-refractivity contribution is 0.293. The molecule has 0 amide bonds. The van der Waals surface area contributed by atoms with E-state index in [1.807, 2.05) is 69.3 Å². The summed E-state index contributed by atoms with van der Waals surface area (Å²) in [4.78, 5) is 4.27. The first-order valence-corrected chi connectivity index (χ1v) is 5.95. The van der Waals surface area contributed by atoms with Gasteiger partial charge in [0.05, 0.1) is 0 Å². The van der Waals surface area contributed by atoms with Gasteiger partial charge >= 0.3 is 0 Å². The maximum atomic E-state index is 5.56. The number of pyridine rings is 1. The Hall–Kier alpha value is -1.83. The Morgan fingerprint density at radius 2 is 1.65 bits per heavy atom. The van der Waals surface area contributed by atoms with Gasteiger partial charge in [-0.2, -0.15) is 0 Å². The van der Waals surface area contributed by atoms with Crippen LogP contribution in [0.15, 0.2) is 48.5 Å². The van der Waals surface area contributed by atoms with Crippen LogP contribution in [0.1, 0.15) is 25.1 Å². The summed E-state index contributed by atoms with van der Waals surface area (Å²) in [7, 11) is 0. The van der Waals surface area contributed by atoms with Gasteiger partial charge in [-0.25, -0.2) is 4.98 Å². The standard InChI is InChI=1S/C13H13NO.C2H6/c1-11-6-5-9-13(14-11)15-10-12-7-3-2-4-8-12;1-2/h2-9H,10H2,1H3;1-2H3. The van der Waals surface area contributed by atoms with Crippen LogP contribution < -0.4 is 4.74 Å². The molecule has 0 radical (unpaired) electrons. The summed E-state index contributed by atoms with van der Waals surface area (Å²) in [6.07, 6.45) is 0. The van der Waals surface area contributed by atoms with Gasteiger partial charge in [-0.1, -0.05) is 50.2 Å². The first kappa shape index (κ1) is 13.2. The molecule has 0 saturated heterocycles. The molecule has 0 fully saturated rings. The number of benzene rings is 1. The molecule has 1 aromatic carbocycles. The molecule has 0 aliphatic carbocycles. The summed E-state index contributed by atoms with van der Waals surface area (Å²) >= 11 is 0. The fourth-order valence-corrected chi connectivity index (χ4v) is 1.33. The van der Waals surface area contributed by atoms with Crippen molar-refractivity contribution in [3.8, 4) is 5.88 Å². The van der Waals surface area contributed by atoms with Crippen LogP contribution in [0.4, 0.5) is 0 Å². The zero-order chi connectivity index (χ0) is 12.5. The highest BCUT2D eigenvalue weighted by Crippen LogP contribution is 2.09. The second-order valence-electron chi connectivity index (χ2n) is 3.39. The fraction of sp³-hybridized carbons (Fsp3) is 0.267. The number of aromatic nitrogens is 1. The highest BCUT2D eigenvalue weighted by atomic mass is 16.5. The minimum atomic E-state index is 0.567. The smallest absolute Gasteiger partial charge is 0.213 e. The van der Waals surface area contributed by atoms with Crippen LogP contribution in [0.3, 0.4) is 0 Å². The van der Waals surface area contributed by atoms with Crippen LogP contribution in [-0.2, 0) is 6.61 Å². The zero-order valence-electron chi connectivity index (χ0n) is 10.7. The summed E-state index contributed by atoms with van der Waals surface area (Å²) in [6, 6.07) is 15.8. The van der Waals surface area contributed by atoms with E-state index in [9.17, 15) is 0 Å². The largest absolute Gasteiger partial charge is 0.473 e. The third kappa shape index (κ3) is 4.68. The Balaban J connectivity index is 0.000000686. The monoisotopic (exact) mass is 229 g/mol. The Morgan fingerprint density at radius 1 is 0.941 bits per heavy atom. The average Bonchev–Trinajstić information content (AvgIpc) is 2.40. The van der Waals surface area contributed by atoms with Crippen LogP contribution in [0, 0.1) is 6.92 Å². The SMILES string of the molecule is CC.Cc1cccc(OCc2ccccc2)n1. The maximum absolute atomic E-state index is 5.56. The molecule has 0 spiro atoms. The molecular formula is C15H19NO. The van der Waals surface area contributed by atoms with Crippen LogP contribution in [0.25, 0.3) is 0 Å². The van der Waals surface area contributed by atoms with E-state index < -0.39 is 0 Å². The fourth-order valence-electron chi connectivity index (χ4n) is 1.33. The molecule has 2 rings (SSSR count). The number of aryl methyl sites for hydroxylation is 1. The van der Waals surface area contributed by atoms with Crippen molar-refractivity contribution in [1.29, 1.82) is 0 Å². The number of hydrogen-bond acceptors (Lipinski definition) is 2. The molecule has 0 saturated carbocycles. The van der Waals surface area contributed by atoms with E-state index in [0.717, 1.165) is 11.3 Å². The van der Waals surface area contributed by atoms with E-state index in [-0.39, 0.29) is 0 Å². The summed E-state index contributed by atoms with van der Waals surface area (Å²) < 4.78 is 5.56. The van der Waals surface area contributed by atoms with Crippen molar-refractivity contribution in [1.82, 2.24) is 4.98 Å². The molecule has 0 atom stereocenters. The van der Waals surface area contributed by atoms with E-state index in [1.165, 1.54) is 0 Å². The van der Waals surface area contributed by atoms with Gasteiger partial charge in [0.1, 0.15) is 6.61 Å². The summed E-state index contributed by atoms with van der Waals surface area (Å²) in [5, 5.41) is 0. The third-order valence-corrected chi connectivity index (χ3v) is 2.09. The van der Waals surface area contributed by atoms with Crippen LogP contribution in [0.5, 0.6) is 5.88 Å². The topological polar surface area (TPSA) is 22.1 Å². The van der Waals surface area contributed by atoms with Crippen molar-refractivity contribution in [3.05, 3.63) is 59.8 Å². The van der Waals surface area contributed by atoms with E-state index in [0.29, 0.717) is 12.5 Å². The van der Waals surface area contributed by atoms with Crippen molar-refractivity contribution < 1.29 is 4.74 Å². The Kier molecular flexibility index (Phi) is 5.80. The van der Waals surface area contributed by atoms with Gasteiger partial charge in [0.2, 0.25) is 5.88 Å². The quantitative estimate of drug-likeness (QED) is 0.793. The van der Waals surface area contributed by atoms with Gasteiger partial charge in [-0.3, -0.25) is 0 Å². The molecule has 2 heteroatoms. The van der Waals surface area contributed by atoms with Crippen molar-refractivity contribution in [2.45, 2.75) is 27.4 Å². The Morgan fingerprint density at radius 3 is 2.29 bits per heavy atom. The van der Waals surface area contributed by atoms with Crippen LogP contribution in [0.2, 0.25) is 0 Å². The van der Waals surface area contributed by atoms with E-state index in [4.69, 9.17) is 4.74 Å². The number of nitrogens with zero attached hydrogens (tertiary/aromatic N) is 1. The van der Waals surface area contributed by atoms with E-state index >= 15 is 0 Å². The summed E-state index contributed by atoms with van der Waals surface area (Å²) in [5.74, 6) is 0.679. The molecule has 2 aromatic rings. The van der Waals surface area contributed by atoms with Crippen molar-refractivity contribution in [2.24, 2.45) is 0 Å². The number of ether oxygens (including phenoxy) is 1. The normalized spacial score (nSPS) is 9.12. The summed E-state index contributed by atoms with van der Waals surface area (Å²) in [5.41, 5.74) is 2.13. The van der Waals surface area contributed by atoms with E-state index in [2.05, 4.69) is 4.98 Å². The molecule has 0 aliphatic rings. The molecule has 17 heavy (non-hydrogen) atoms. The lowest BCUT2D eigenvalue weighted by Gasteiger charge is -2.05. The molecule has 2 nitrogen and oxygen atoms in total. The first-order valence-electron chi connectivity index (χ1n) is 5.95. The second-order valence-corrected chi connectivity index (χ2v) is 3.39. The lowest BCUT2D eigenvalue weighted by Crippen LogP contribution is -1.97. The molecule has 0 N–H and O–H groups in total. The van der Waals surface area contributed by atoms with Gasteiger partial charge in [0.25, 0.3) is 0 Å². The average molecular weight is 229 g/mol. The molecular weight excluding hydrogens is 210 g/mol. The molecule has 0 aliphatic heterocycles. The second kappa shape index (κ2) is 7.44. The van der Waals surface area contributed by atoms with Gasteiger partial charge < -0.3 is 4.74 Å². The Bertz CT molecular complexity index is 426. The number of rotatable bonds is 3. The van der Waals surface area contributed by atoms with E-state index in [1.54, 1.807) is 0 Å². The minimum Gasteiger partial charge on any atom is -0.473 e. The molecule has 1 aromatic heterocycles. The Labute approximate surface area is 103 Å². The molecule has 1 heterocycles.